The van der Waals surface area contributed by atoms with Crippen molar-refractivity contribution in [2.75, 3.05) is 11.5 Å². The van der Waals surface area contributed by atoms with Gasteiger partial charge in [0.2, 0.25) is 0 Å². The molecular formula is C21H24O2S2. The second kappa shape index (κ2) is 8.63. The number of rotatable bonds is 5. The van der Waals surface area contributed by atoms with Crippen LogP contribution in [0.5, 0.6) is 0 Å². The van der Waals surface area contributed by atoms with E-state index in [-0.39, 0.29) is 18.5 Å². The predicted molar refractivity (Wildman–Crippen MR) is 107 cm³/mol. The molecule has 2 aromatic rings. The maximum atomic E-state index is 6.36. The Morgan fingerprint density at radius 1 is 0.720 bits per heavy atom. The van der Waals surface area contributed by atoms with E-state index in [4.69, 9.17) is 9.47 Å². The summed E-state index contributed by atoms with van der Waals surface area (Å²) < 4.78 is 13.4. The van der Waals surface area contributed by atoms with Gasteiger partial charge in [-0.25, -0.2) is 0 Å². The van der Waals surface area contributed by atoms with Crippen molar-refractivity contribution in [2.45, 2.75) is 42.3 Å². The Morgan fingerprint density at radius 3 is 1.76 bits per heavy atom. The first-order chi connectivity index (χ1) is 12.4. The third-order valence-corrected chi connectivity index (χ3v) is 7.74. The lowest BCUT2D eigenvalue weighted by molar-refractivity contribution is -0.0715. The van der Waals surface area contributed by atoms with Gasteiger partial charge in [-0.2, -0.15) is 0 Å². The zero-order valence-corrected chi connectivity index (χ0v) is 15.9. The summed E-state index contributed by atoms with van der Waals surface area (Å²) >= 11 is 4.19. The molecule has 2 aliphatic rings. The van der Waals surface area contributed by atoms with Gasteiger partial charge in [-0.3, -0.25) is 0 Å². The lowest BCUT2D eigenvalue weighted by atomic mass is 9.99. The number of hydrogen-bond donors (Lipinski definition) is 0. The second-order valence-corrected chi connectivity index (χ2v) is 9.39. The molecule has 0 radical (unpaired) electrons. The van der Waals surface area contributed by atoms with Crippen molar-refractivity contribution in [3.63, 3.8) is 0 Å². The smallest absolute Gasteiger partial charge is 0.159 e. The molecule has 2 aromatic carbocycles. The quantitative estimate of drug-likeness (QED) is 0.658. The van der Waals surface area contributed by atoms with E-state index in [1.165, 1.54) is 29.1 Å². The van der Waals surface area contributed by atoms with E-state index in [2.05, 4.69) is 72.1 Å². The number of ether oxygens (including phenoxy) is 2. The van der Waals surface area contributed by atoms with Crippen molar-refractivity contribution in [1.82, 2.24) is 0 Å². The summed E-state index contributed by atoms with van der Waals surface area (Å²) in [7, 11) is 0. The molecule has 2 heterocycles. The fraction of sp³-hybridized carbons (Fsp3) is 0.429. The van der Waals surface area contributed by atoms with Crippen LogP contribution >= 0.6 is 23.5 Å². The Labute approximate surface area is 158 Å². The largest absolute Gasteiger partial charge is 0.342 e. The standard InChI is InChI=1S/C21H24O2S2/c1-3-8-16(9-4-1)20-21(17-10-5-2-6-11-17)23-18(22-20)12-13-19-24-14-7-15-25-19/h1-6,8-11,18-21H,7,12-15H2. The molecule has 2 unspecified atom stereocenters. The zero-order valence-electron chi connectivity index (χ0n) is 14.3. The molecule has 2 aliphatic heterocycles. The summed E-state index contributed by atoms with van der Waals surface area (Å²) in [6, 6.07) is 20.9. The second-order valence-electron chi connectivity index (χ2n) is 6.47. The molecule has 2 atom stereocenters. The molecule has 132 valence electrons. The molecule has 0 N–H and O–H groups in total. The van der Waals surface area contributed by atoms with Gasteiger partial charge in [-0.1, -0.05) is 60.7 Å². The van der Waals surface area contributed by atoms with Gasteiger partial charge in [0.25, 0.3) is 0 Å². The minimum absolute atomic E-state index is 0.0275. The van der Waals surface area contributed by atoms with Crippen LogP contribution in [0.1, 0.15) is 42.6 Å². The van der Waals surface area contributed by atoms with Gasteiger partial charge >= 0.3 is 0 Å². The highest BCUT2D eigenvalue weighted by molar-refractivity contribution is 8.17. The van der Waals surface area contributed by atoms with E-state index in [9.17, 15) is 0 Å². The Hall–Kier alpha value is -0.940. The van der Waals surface area contributed by atoms with Crippen LogP contribution < -0.4 is 0 Å². The van der Waals surface area contributed by atoms with E-state index < -0.39 is 0 Å². The predicted octanol–water partition coefficient (Wildman–Crippen LogP) is 5.82. The summed E-state index contributed by atoms with van der Waals surface area (Å²) in [6.07, 6.45) is 3.30. The average molecular weight is 373 g/mol. The van der Waals surface area contributed by atoms with Gasteiger partial charge in [-0.05, 0) is 35.5 Å². The van der Waals surface area contributed by atoms with E-state index in [0.717, 1.165) is 12.8 Å². The Bertz CT molecular complexity index is 596. The van der Waals surface area contributed by atoms with Crippen LogP contribution in [0.25, 0.3) is 0 Å². The molecule has 0 bridgehead atoms. The van der Waals surface area contributed by atoms with Gasteiger partial charge in [0, 0.05) is 6.42 Å². The minimum Gasteiger partial charge on any atom is -0.342 e. The maximum Gasteiger partial charge on any atom is 0.159 e. The normalized spacial score (nSPS) is 27.4. The molecule has 2 fully saturated rings. The minimum atomic E-state index is -0.112. The highest BCUT2D eigenvalue weighted by atomic mass is 32.2. The van der Waals surface area contributed by atoms with Gasteiger partial charge in [-0.15, -0.1) is 23.5 Å². The maximum absolute atomic E-state index is 6.36. The fourth-order valence-corrected chi connectivity index (χ4v) is 6.30. The monoisotopic (exact) mass is 372 g/mol. The van der Waals surface area contributed by atoms with Crippen LogP contribution in [0.3, 0.4) is 0 Å². The first-order valence-electron chi connectivity index (χ1n) is 9.04. The molecule has 0 aromatic heterocycles. The molecule has 0 saturated carbocycles. The molecule has 0 spiro atoms. The Morgan fingerprint density at radius 2 is 1.24 bits per heavy atom. The molecule has 25 heavy (non-hydrogen) atoms. The van der Waals surface area contributed by atoms with Crippen molar-refractivity contribution >= 4 is 23.5 Å². The summed E-state index contributed by atoms with van der Waals surface area (Å²) in [5.74, 6) is 2.59. The summed E-state index contributed by atoms with van der Waals surface area (Å²) in [4.78, 5) is 0. The van der Waals surface area contributed by atoms with Crippen molar-refractivity contribution < 1.29 is 9.47 Å². The van der Waals surface area contributed by atoms with Crippen LogP contribution in [0, 0.1) is 0 Å². The third kappa shape index (κ3) is 4.43. The van der Waals surface area contributed by atoms with Crippen LogP contribution in [0.4, 0.5) is 0 Å². The number of thioether (sulfide) groups is 2. The summed E-state index contributed by atoms with van der Waals surface area (Å²) in [5, 5.41) is 0. The highest BCUT2D eigenvalue weighted by Crippen LogP contribution is 2.44. The van der Waals surface area contributed by atoms with Gasteiger partial charge in [0.15, 0.2) is 6.29 Å². The van der Waals surface area contributed by atoms with E-state index >= 15 is 0 Å². The van der Waals surface area contributed by atoms with Gasteiger partial charge in [0.05, 0.1) is 4.58 Å². The van der Waals surface area contributed by atoms with E-state index in [0.29, 0.717) is 4.58 Å². The molecular weight excluding hydrogens is 348 g/mol. The van der Waals surface area contributed by atoms with Crippen LogP contribution in [0.15, 0.2) is 60.7 Å². The molecule has 4 rings (SSSR count). The van der Waals surface area contributed by atoms with Crippen LogP contribution in [0.2, 0.25) is 0 Å². The lowest BCUT2D eigenvalue weighted by Crippen LogP contribution is -2.13. The molecule has 2 saturated heterocycles. The van der Waals surface area contributed by atoms with Crippen LogP contribution in [-0.2, 0) is 9.47 Å². The zero-order chi connectivity index (χ0) is 16.9. The van der Waals surface area contributed by atoms with Crippen LogP contribution in [-0.4, -0.2) is 22.4 Å². The Balaban J connectivity index is 1.46. The first-order valence-corrected chi connectivity index (χ1v) is 11.1. The fourth-order valence-electron chi connectivity index (χ4n) is 3.41. The average Bonchev–Trinajstić information content (AvgIpc) is 3.13. The highest BCUT2D eigenvalue weighted by Gasteiger charge is 2.38. The molecule has 2 nitrogen and oxygen atoms in total. The topological polar surface area (TPSA) is 18.5 Å². The Kier molecular flexibility index (Phi) is 6.03. The number of hydrogen-bond acceptors (Lipinski definition) is 4. The summed E-state index contributed by atoms with van der Waals surface area (Å²) in [5.41, 5.74) is 2.39. The third-order valence-electron chi connectivity index (χ3n) is 4.66. The first kappa shape index (κ1) is 17.5. The molecule has 0 aliphatic carbocycles. The number of benzene rings is 2. The lowest BCUT2D eigenvalue weighted by Gasteiger charge is -2.21. The van der Waals surface area contributed by atoms with Crippen molar-refractivity contribution in [3.05, 3.63) is 71.8 Å². The van der Waals surface area contributed by atoms with Crippen molar-refractivity contribution in [3.8, 4) is 0 Å². The van der Waals surface area contributed by atoms with E-state index in [1.807, 2.05) is 12.1 Å². The van der Waals surface area contributed by atoms with Crippen molar-refractivity contribution in [2.24, 2.45) is 0 Å². The van der Waals surface area contributed by atoms with Gasteiger partial charge < -0.3 is 9.47 Å². The molecule has 4 heteroatoms. The van der Waals surface area contributed by atoms with E-state index in [1.54, 1.807) is 0 Å². The summed E-state index contributed by atoms with van der Waals surface area (Å²) in [6.45, 7) is 0. The van der Waals surface area contributed by atoms with Gasteiger partial charge in [0.1, 0.15) is 12.2 Å². The SMILES string of the molecule is c1ccc(C2OC(CCC3SCCCS3)OC2c2ccccc2)cc1. The van der Waals surface area contributed by atoms with Crippen molar-refractivity contribution in [1.29, 1.82) is 0 Å². The molecule has 0 amide bonds.